The van der Waals surface area contributed by atoms with Crippen LogP contribution in [0, 0.1) is 6.92 Å². The zero-order chi connectivity index (χ0) is 19.2. The third-order valence-electron chi connectivity index (χ3n) is 3.67. The molecule has 2 amide bonds. The third kappa shape index (κ3) is 5.20. The number of amides is 2. The lowest BCUT2D eigenvalue weighted by atomic mass is 10.2. The van der Waals surface area contributed by atoms with E-state index < -0.39 is 0 Å². The predicted octanol–water partition coefficient (Wildman–Crippen LogP) is 3.67. The van der Waals surface area contributed by atoms with Crippen LogP contribution >= 0.6 is 22.7 Å². The molecule has 0 aromatic carbocycles. The summed E-state index contributed by atoms with van der Waals surface area (Å²) in [6.45, 7) is 3.83. The van der Waals surface area contributed by atoms with Gasteiger partial charge in [-0.1, -0.05) is 24.7 Å². The normalized spacial score (nSPS) is 10.7. The van der Waals surface area contributed by atoms with Gasteiger partial charge in [-0.05, 0) is 19.4 Å². The van der Waals surface area contributed by atoms with Gasteiger partial charge in [0, 0.05) is 11.8 Å². The van der Waals surface area contributed by atoms with Crippen molar-refractivity contribution in [1.82, 2.24) is 15.2 Å². The average Bonchev–Trinajstić information content (AvgIpc) is 3.35. The average molecular weight is 406 g/mol. The lowest BCUT2D eigenvalue weighted by Crippen LogP contribution is -2.15. The van der Waals surface area contributed by atoms with E-state index >= 15 is 0 Å². The molecule has 2 N–H and O–H groups in total. The van der Waals surface area contributed by atoms with Gasteiger partial charge < -0.3 is 9.73 Å². The Balaban J connectivity index is 1.52. The number of unbranched alkanes of at least 4 members (excludes halogenated alkanes) is 1. The summed E-state index contributed by atoms with van der Waals surface area (Å²) in [5.41, 5.74) is 1.03. The number of aryl methyl sites for hydroxylation is 2. The van der Waals surface area contributed by atoms with Gasteiger partial charge in [-0.15, -0.1) is 21.5 Å². The fraction of sp³-hybridized carbons (Fsp3) is 0.353. The minimum absolute atomic E-state index is 0.0982. The molecule has 0 atom stereocenters. The van der Waals surface area contributed by atoms with Gasteiger partial charge in [0.1, 0.15) is 10.8 Å². The second-order valence-electron chi connectivity index (χ2n) is 5.82. The molecule has 3 aromatic heterocycles. The summed E-state index contributed by atoms with van der Waals surface area (Å²) >= 11 is 2.65. The van der Waals surface area contributed by atoms with Crippen molar-refractivity contribution in [1.29, 1.82) is 0 Å². The summed E-state index contributed by atoms with van der Waals surface area (Å²) in [5, 5.41) is 17.1. The van der Waals surface area contributed by atoms with Crippen LogP contribution in [-0.4, -0.2) is 27.0 Å². The standard InChI is InChI=1S/C17H19N5O3S2/c1-3-4-5-14-21-22-17(27-14)19-13(23)8-11-9-26-16(18-11)20-15(24)12-6-7-25-10(12)2/h6-7,9H,3-5,8H2,1-2H3,(H,18,20,24)(H,19,22,23). The van der Waals surface area contributed by atoms with E-state index in [9.17, 15) is 9.59 Å². The first kappa shape index (κ1) is 19.2. The van der Waals surface area contributed by atoms with Crippen molar-refractivity contribution in [3.05, 3.63) is 39.7 Å². The van der Waals surface area contributed by atoms with E-state index in [1.807, 2.05) is 0 Å². The van der Waals surface area contributed by atoms with Crippen molar-refractivity contribution < 1.29 is 14.0 Å². The lowest BCUT2D eigenvalue weighted by molar-refractivity contribution is -0.115. The molecule has 0 spiro atoms. The van der Waals surface area contributed by atoms with Crippen LogP contribution in [0.1, 0.15) is 46.6 Å². The van der Waals surface area contributed by atoms with Crippen LogP contribution < -0.4 is 10.6 Å². The summed E-state index contributed by atoms with van der Waals surface area (Å²) in [6, 6.07) is 1.60. The molecule has 3 heterocycles. The van der Waals surface area contributed by atoms with Gasteiger partial charge in [-0.2, -0.15) is 0 Å². The fourth-order valence-corrected chi connectivity index (χ4v) is 3.79. The molecule has 27 heavy (non-hydrogen) atoms. The Labute approximate surface area is 164 Å². The monoisotopic (exact) mass is 405 g/mol. The lowest BCUT2D eigenvalue weighted by Gasteiger charge is -2.00. The first-order chi connectivity index (χ1) is 13.0. The Morgan fingerprint density at radius 1 is 1.22 bits per heavy atom. The maximum atomic E-state index is 12.2. The molecule has 0 bridgehead atoms. The Morgan fingerprint density at radius 2 is 2.07 bits per heavy atom. The minimum atomic E-state index is -0.292. The molecule has 0 saturated heterocycles. The predicted molar refractivity (Wildman–Crippen MR) is 104 cm³/mol. The van der Waals surface area contributed by atoms with Crippen molar-refractivity contribution >= 4 is 44.8 Å². The van der Waals surface area contributed by atoms with Crippen molar-refractivity contribution in [2.45, 2.75) is 39.5 Å². The van der Waals surface area contributed by atoms with Gasteiger partial charge in [-0.25, -0.2) is 4.98 Å². The van der Waals surface area contributed by atoms with E-state index in [0.717, 1.165) is 24.3 Å². The number of hydrogen-bond donors (Lipinski definition) is 2. The van der Waals surface area contributed by atoms with Gasteiger partial charge in [0.2, 0.25) is 11.0 Å². The van der Waals surface area contributed by atoms with Crippen LogP contribution in [0.15, 0.2) is 22.1 Å². The zero-order valence-corrected chi connectivity index (χ0v) is 16.6. The summed E-state index contributed by atoms with van der Waals surface area (Å²) in [6.07, 6.45) is 4.57. The molecule has 0 radical (unpaired) electrons. The summed E-state index contributed by atoms with van der Waals surface area (Å²) in [5.74, 6) is 0.0288. The highest BCUT2D eigenvalue weighted by Gasteiger charge is 2.15. The van der Waals surface area contributed by atoms with Crippen molar-refractivity contribution in [3.63, 3.8) is 0 Å². The number of rotatable bonds is 8. The molecule has 142 valence electrons. The smallest absolute Gasteiger partial charge is 0.260 e. The van der Waals surface area contributed by atoms with Crippen molar-refractivity contribution in [2.24, 2.45) is 0 Å². The Morgan fingerprint density at radius 3 is 2.81 bits per heavy atom. The van der Waals surface area contributed by atoms with Crippen molar-refractivity contribution in [3.8, 4) is 0 Å². The highest BCUT2D eigenvalue weighted by atomic mass is 32.1. The van der Waals surface area contributed by atoms with Crippen LogP contribution in [0.3, 0.4) is 0 Å². The highest BCUT2D eigenvalue weighted by Crippen LogP contribution is 2.20. The molecule has 0 saturated carbocycles. The number of carbonyl (C=O) groups is 2. The molecule has 3 rings (SSSR count). The van der Waals surface area contributed by atoms with Crippen LogP contribution in [0.2, 0.25) is 0 Å². The number of thiazole rings is 1. The Hall–Kier alpha value is -2.59. The number of nitrogens with one attached hydrogen (secondary N) is 2. The van der Waals surface area contributed by atoms with Crippen LogP contribution in [0.25, 0.3) is 0 Å². The maximum Gasteiger partial charge on any atom is 0.260 e. The largest absolute Gasteiger partial charge is 0.469 e. The second-order valence-corrected chi connectivity index (χ2v) is 7.74. The van der Waals surface area contributed by atoms with E-state index in [1.165, 1.54) is 28.9 Å². The zero-order valence-electron chi connectivity index (χ0n) is 14.9. The number of hydrogen-bond acceptors (Lipinski definition) is 8. The molecular weight excluding hydrogens is 386 g/mol. The molecule has 0 aliphatic heterocycles. The first-order valence-electron chi connectivity index (χ1n) is 8.47. The van der Waals surface area contributed by atoms with Gasteiger partial charge in [0.25, 0.3) is 5.91 Å². The number of nitrogens with zero attached hydrogens (tertiary/aromatic N) is 3. The quantitative estimate of drug-likeness (QED) is 0.592. The van der Waals surface area contributed by atoms with E-state index in [1.54, 1.807) is 18.4 Å². The van der Waals surface area contributed by atoms with E-state index in [0.29, 0.717) is 27.3 Å². The number of aromatic nitrogens is 3. The number of furan rings is 1. The molecule has 8 nitrogen and oxygen atoms in total. The molecule has 10 heteroatoms. The van der Waals surface area contributed by atoms with Crippen LogP contribution in [-0.2, 0) is 17.6 Å². The maximum absolute atomic E-state index is 12.2. The molecule has 0 fully saturated rings. The molecule has 0 aliphatic carbocycles. The van der Waals surface area contributed by atoms with Crippen molar-refractivity contribution in [2.75, 3.05) is 10.6 Å². The van der Waals surface area contributed by atoms with Crippen LogP contribution in [0.4, 0.5) is 10.3 Å². The fourth-order valence-electron chi connectivity index (χ4n) is 2.29. The summed E-state index contributed by atoms with van der Waals surface area (Å²) in [4.78, 5) is 28.6. The third-order valence-corrected chi connectivity index (χ3v) is 5.38. The summed E-state index contributed by atoms with van der Waals surface area (Å²) in [7, 11) is 0. The molecule has 3 aromatic rings. The highest BCUT2D eigenvalue weighted by molar-refractivity contribution is 7.15. The molecular formula is C17H19N5O3S2. The molecule has 0 aliphatic rings. The topological polar surface area (TPSA) is 110 Å². The number of carbonyl (C=O) groups excluding carboxylic acids is 2. The minimum Gasteiger partial charge on any atom is -0.469 e. The van der Waals surface area contributed by atoms with E-state index in [4.69, 9.17) is 4.42 Å². The first-order valence-corrected chi connectivity index (χ1v) is 10.2. The SMILES string of the molecule is CCCCc1nnc(NC(=O)Cc2csc(NC(=O)c3ccoc3C)n2)s1. The summed E-state index contributed by atoms with van der Waals surface area (Å²) < 4.78 is 5.12. The Bertz CT molecular complexity index is 931. The van der Waals surface area contributed by atoms with Gasteiger partial charge in [-0.3, -0.25) is 14.9 Å². The second kappa shape index (κ2) is 8.87. The van der Waals surface area contributed by atoms with E-state index in [2.05, 4.69) is 32.7 Å². The van der Waals surface area contributed by atoms with Gasteiger partial charge in [0.15, 0.2) is 5.13 Å². The molecule has 0 unspecified atom stereocenters. The van der Waals surface area contributed by atoms with Gasteiger partial charge >= 0.3 is 0 Å². The van der Waals surface area contributed by atoms with E-state index in [-0.39, 0.29) is 18.2 Å². The number of anilines is 2. The van der Waals surface area contributed by atoms with Gasteiger partial charge in [0.05, 0.1) is 23.9 Å². The Kier molecular flexibility index (Phi) is 6.30. The van der Waals surface area contributed by atoms with Crippen LogP contribution in [0.5, 0.6) is 0 Å².